The second-order valence-corrected chi connectivity index (χ2v) is 8.21. The highest BCUT2D eigenvalue weighted by Crippen LogP contribution is 2.32. The van der Waals surface area contributed by atoms with E-state index in [4.69, 9.17) is 4.74 Å². The number of benzene rings is 2. The van der Waals surface area contributed by atoms with E-state index in [2.05, 4.69) is 15.9 Å². The minimum Gasteiger partial charge on any atom is -0.468 e. The Labute approximate surface area is 149 Å². The van der Waals surface area contributed by atoms with Crippen molar-refractivity contribution < 1.29 is 17.9 Å². The van der Waals surface area contributed by atoms with Crippen LogP contribution in [0.4, 0.5) is 0 Å². The van der Waals surface area contributed by atoms with Crippen LogP contribution in [0.1, 0.15) is 11.1 Å². The third kappa shape index (κ3) is 2.99. The lowest BCUT2D eigenvalue weighted by molar-refractivity contribution is -0.145. The molecule has 2 aromatic rings. The van der Waals surface area contributed by atoms with Gasteiger partial charge in [-0.15, -0.1) is 0 Å². The molecule has 24 heavy (non-hydrogen) atoms. The number of esters is 1. The highest BCUT2D eigenvalue weighted by molar-refractivity contribution is 9.10. The molecule has 0 bridgehead atoms. The average Bonchev–Trinajstić information content (AvgIpc) is 2.60. The molecule has 0 saturated heterocycles. The number of halogens is 1. The summed E-state index contributed by atoms with van der Waals surface area (Å²) >= 11 is 3.28. The first-order valence-corrected chi connectivity index (χ1v) is 9.59. The molecule has 2 aromatic carbocycles. The highest BCUT2D eigenvalue weighted by Gasteiger charge is 2.40. The van der Waals surface area contributed by atoms with E-state index in [1.54, 1.807) is 18.2 Å². The van der Waals surface area contributed by atoms with Gasteiger partial charge in [-0.2, -0.15) is 4.31 Å². The fourth-order valence-corrected chi connectivity index (χ4v) is 5.39. The quantitative estimate of drug-likeness (QED) is 0.731. The first-order chi connectivity index (χ1) is 11.4. The summed E-state index contributed by atoms with van der Waals surface area (Å²) in [7, 11) is -2.58. The van der Waals surface area contributed by atoms with E-state index in [1.807, 2.05) is 24.3 Å². The molecule has 3 rings (SSSR count). The van der Waals surface area contributed by atoms with Crippen LogP contribution in [0.3, 0.4) is 0 Å². The molecule has 0 radical (unpaired) electrons. The maximum Gasteiger partial charge on any atom is 0.324 e. The Kier molecular flexibility index (Phi) is 4.76. The number of rotatable bonds is 3. The van der Waals surface area contributed by atoms with Gasteiger partial charge in [-0.25, -0.2) is 8.42 Å². The lowest BCUT2D eigenvalue weighted by atomic mass is 9.96. The summed E-state index contributed by atoms with van der Waals surface area (Å²) < 4.78 is 32.8. The zero-order valence-corrected chi connectivity index (χ0v) is 15.4. The van der Waals surface area contributed by atoms with Gasteiger partial charge >= 0.3 is 5.97 Å². The van der Waals surface area contributed by atoms with Crippen LogP contribution in [-0.4, -0.2) is 31.8 Å². The molecule has 1 aliphatic heterocycles. The molecule has 5 nitrogen and oxygen atoms in total. The SMILES string of the molecule is COC(=O)[C@H]1Cc2ccccc2CN1S(=O)(=O)c1ccccc1Br. The normalized spacial score (nSPS) is 18.0. The van der Waals surface area contributed by atoms with Crippen LogP contribution in [0, 0.1) is 0 Å². The predicted molar refractivity (Wildman–Crippen MR) is 92.8 cm³/mol. The summed E-state index contributed by atoms with van der Waals surface area (Å²) in [5.74, 6) is -0.555. The van der Waals surface area contributed by atoms with Crippen LogP contribution in [0.25, 0.3) is 0 Å². The summed E-state index contributed by atoms with van der Waals surface area (Å²) in [6, 6.07) is 13.2. The third-order valence-corrected chi connectivity index (χ3v) is 6.97. The molecule has 1 atom stereocenters. The van der Waals surface area contributed by atoms with Crippen molar-refractivity contribution in [1.82, 2.24) is 4.31 Å². The van der Waals surface area contributed by atoms with Gasteiger partial charge in [0.15, 0.2) is 0 Å². The number of carbonyl (C=O) groups is 1. The van der Waals surface area contributed by atoms with E-state index in [9.17, 15) is 13.2 Å². The van der Waals surface area contributed by atoms with Crippen molar-refractivity contribution in [3.63, 3.8) is 0 Å². The van der Waals surface area contributed by atoms with Gasteiger partial charge in [0, 0.05) is 17.4 Å². The maximum atomic E-state index is 13.1. The van der Waals surface area contributed by atoms with Gasteiger partial charge in [-0.1, -0.05) is 36.4 Å². The molecule has 0 amide bonds. The number of fused-ring (bicyclic) bond motifs is 1. The van der Waals surface area contributed by atoms with Crippen molar-refractivity contribution in [2.24, 2.45) is 0 Å². The molecular formula is C17H16BrNO4S. The molecule has 0 aromatic heterocycles. The molecule has 0 spiro atoms. The molecule has 0 fully saturated rings. The standard InChI is InChI=1S/C17H16BrNO4S/c1-23-17(20)15-10-12-6-2-3-7-13(12)11-19(15)24(21,22)16-9-5-4-8-14(16)18/h2-9,15H,10-11H2,1H3/t15-/m1/s1. The maximum absolute atomic E-state index is 13.1. The first-order valence-electron chi connectivity index (χ1n) is 7.36. The van der Waals surface area contributed by atoms with Crippen molar-refractivity contribution >= 4 is 31.9 Å². The Morgan fingerprint density at radius 1 is 1.12 bits per heavy atom. The number of hydrogen-bond acceptors (Lipinski definition) is 4. The monoisotopic (exact) mass is 409 g/mol. The Morgan fingerprint density at radius 2 is 1.75 bits per heavy atom. The molecule has 126 valence electrons. The van der Waals surface area contributed by atoms with E-state index in [1.165, 1.54) is 17.5 Å². The topological polar surface area (TPSA) is 63.7 Å². The number of nitrogens with zero attached hydrogens (tertiary/aromatic N) is 1. The van der Waals surface area contributed by atoms with E-state index in [0.29, 0.717) is 10.9 Å². The van der Waals surface area contributed by atoms with Gasteiger partial charge in [0.05, 0.1) is 12.0 Å². The number of ether oxygens (including phenoxy) is 1. The lowest BCUT2D eigenvalue weighted by Crippen LogP contribution is -2.49. The summed E-state index contributed by atoms with van der Waals surface area (Å²) in [5, 5.41) is 0. The Bertz CT molecular complexity index is 882. The highest BCUT2D eigenvalue weighted by atomic mass is 79.9. The van der Waals surface area contributed by atoms with Gasteiger partial charge in [-0.3, -0.25) is 4.79 Å². The van der Waals surface area contributed by atoms with E-state index < -0.39 is 22.0 Å². The Morgan fingerprint density at radius 3 is 2.42 bits per heavy atom. The summed E-state index contributed by atoms with van der Waals surface area (Å²) in [5.41, 5.74) is 1.86. The van der Waals surface area contributed by atoms with Crippen LogP contribution >= 0.6 is 15.9 Å². The number of sulfonamides is 1. The summed E-state index contributed by atoms with van der Waals surface area (Å²) in [6.45, 7) is 0.138. The number of carbonyl (C=O) groups excluding carboxylic acids is 1. The zero-order valence-electron chi connectivity index (χ0n) is 13.0. The summed E-state index contributed by atoms with van der Waals surface area (Å²) in [6.07, 6.45) is 0.298. The van der Waals surface area contributed by atoms with Crippen LogP contribution in [0.5, 0.6) is 0 Å². The largest absolute Gasteiger partial charge is 0.468 e. The molecule has 1 aliphatic rings. The van der Waals surface area contributed by atoms with Crippen molar-refractivity contribution in [1.29, 1.82) is 0 Å². The first kappa shape index (κ1) is 17.1. The zero-order chi connectivity index (χ0) is 17.3. The van der Waals surface area contributed by atoms with E-state index in [0.717, 1.165) is 11.1 Å². The van der Waals surface area contributed by atoms with Crippen LogP contribution in [0.15, 0.2) is 57.9 Å². The summed E-state index contributed by atoms with van der Waals surface area (Å²) in [4.78, 5) is 12.3. The smallest absolute Gasteiger partial charge is 0.324 e. The van der Waals surface area contributed by atoms with Crippen molar-refractivity contribution in [3.05, 3.63) is 64.1 Å². The van der Waals surface area contributed by atoms with Crippen molar-refractivity contribution in [3.8, 4) is 0 Å². The van der Waals surface area contributed by atoms with E-state index >= 15 is 0 Å². The van der Waals surface area contributed by atoms with Gasteiger partial charge in [-0.05, 0) is 39.2 Å². The van der Waals surface area contributed by atoms with E-state index in [-0.39, 0.29) is 11.4 Å². The van der Waals surface area contributed by atoms with Crippen molar-refractivity contribution in [2.45, 2.75) is 23.9 Å². The second kappa shape index (κ2) is 6.66. The second-order valence-electron chi connectivity index (χ2n) is 5.49. The third-order valence-electron chi connectivity index (χ3n) is 4.10. The van der Waals surface area contributed by atoms with Crippen LogP contribution in [-0.2, 0) is 32.5 Å². The fraction of sp³-hybridized carbons (Fsp3) is 0.235. The minimum absolute atomic E-state index is 0.137. The molecule has 0 N–H and O–H groups in total. The molecule has 0 saturated carbocycles. The minimum atomic E-state index is -3.85. The molecule has 1 heterocycles. The predicted octanol–water partition coefficient (Wildman–Crippen LogP) is 2.74. The number of hydrogen-bond donors (Lipinski definition) is 0. The molecule has 0 unspecified atom stereocenters. The van der Waals surface area contributed by atoms with Crippen LogP contribution < -0.4 is 0 Å². The fourth-order valence-electron chi connectivity index (χ4n) is 2.87. The van der Waals surface area contributed by atoms with Gasteiger partial charge < -0.3 is 4.74 Å². The van der Waals surface area contributed by atoms with Gasteiger partial charge in [0.25, 0.3) is 0 Å². The van der Waals surface area contributed by atoms with Crippen molar-refractivity contribution in [2.75, 3.05) is 7.11 Å². The average molecular weight is 410 g/mol. The molecule has 7 heteroatoms. The molecule has 0 aliphatic carbocycles. The lowest BCUT2D eigenvalue weighted by Gasteiger charge is -2.34. The Balaban J connectivity index is 2.10. The van der Waals surface area contributed by atoms with Gasteiger partial charge in [0.2, 0.25) is 10.0 Å². The Hall–Kier alpha value is -1.70. The molecular weight excluding hydrogens is 394 g/mol. The number of methoxy groups -OCH3 is 1. The van der Waals surface area contributed by atoms with Crippen LogP contribution in [0.2, 0.25) is 0 Å². The van der Waals surface area contributed by atoms with Gasteiger partial charge in [0.1, 0.15) is 6.04 Å².